The highest BCUT2D eigenvalue weighted by atomic mass is 16.5. The van der Waals surface area contributed by atoms with E-state index in [1.807, 2.05) is 6.92 Å². The fourth-order valence-electron chi connectivity index (χ4n) is 4.14. The number of benzene rings is 2. The molecule has 1 aliphatic heterocycles. The van der Waals surface area contributed by atoms with Crippen LogP contribution in [0.3, 0.4) is 0 Å². The standard InChI is InChI=1S/C26H26N2O8/c1-6-35-17-9-7-15(8-10-17)23(29)21-22(16-12-18(32-3)25(34-5)19(13-16)33-4)28(26(31)24(21)30)20-11-14(2)36-27-20/h7-13,22,29H,6H2,1-5H3/b23-21+/t22-/m1/s1. The van der Waals surface area contributed by atoms with E-state index in [-0.39, 0.29) is 17.2 Å². The van der Waals surface area contributed by atoms with Crippen molar-refractivity contribution in [3.8, 4) is 23.0 Å². The molecule has 0 saturated carbocycles. The lowest BCUT2D eigenvalue weighted by Gasteiger charge is -2.24. The second kappa shape index (κ2) is 10.0. The van der Waals surface area contributed by atoms with Gasteiger partial charge in [-0.2, -0.15) is 0 Å². The molecule has 0 unspecified atom stereocenters. The van der Waals surface area contributed by atoms with Crippen molar-refractivity contribution in [1.29, 1.82) is 0 Å². The molecule has 4 rings (SSSR count). The van der Waals surface area contributed by atoms with Gasteiger partial charge in [0.05, 0.1) is 39.6 Å². The van der Waals surface area contributed by atoms with E-state index in [1.54, 1.807) is 43.3 Å². The molecule has 0 radical (unpaired) electrons. The molecule has 1 fully saturated rings. The predicted molar refractivity (Wildman–Crippen MR) is 130 cm³/mol. The van der Waals surface area contributed by atoms with Crippen LogP contribution in [0.25, 0.3) is 5.76 Å². The number of nitrogens with zero attached hydrogens (tertiary/aromatic N) is 2. The molecule has 0 bridgehead atoms. The zero-order valence-corrected chi connectivity index (χ0v) is 20.5. The Balaban J connectivity index is 1.96. The van der Waals surface area contributed by atoms with E-state index in [1.165, 1.54) is 32.3 Å². The van der Waals surface area contributed by atoms with Crippen molar-refractivity contribution < 1.29 is 38.2 Å². The number of anilines is 1. The number of aryl methyl sites for hydroxylation is 1. The Hall–Kier alpha value is -4.47. The fourth-order valence-corrected chi connectivity index (χ4v) is 4.14. The van der Waals surface area contributed by atoms with Crippen molar-refractivity contribution >= 4 is 23.3 Å². The predicted octanol–water partition coefficient (Wildman–Crippen LogP) is 4.03. The molecule has 36 heavy (non-hydrogen) atoms. The van der Waals surface area contributed by atoms with Gasteiger partial charge in [-0.15, -0.1) is 0 Å². The van der Waals surface area contributed by atoms with Crippen LogP contribution in [0.2, 0.25) is 0 Å². The first-order valence-corrected chi connectivity index (χ1v) is 11.1. The molecule has 10 nitrogen and oxygen atoms in total. The summed E-state index contributed by atoms with van der Waals surface area (Å²) in [7, 11) is 4.38. The first-order valence-electron chi connectivity index (χ1n) is 11.1. The molecule has 2 aromatic carbocycles. The van der Waals surface area contributed by atoms with Crippen molar-refractivity contribution in [3.63, 3.8) is 0 Å². The van der Waals surface area contributed by atoms with Gasteiger partial charge < -0.3 is 28.6 Å². The van der Waals surface area contributed by atoms with E-state index in [0.29, 0.717) is 46.5 Å². The number of hydrogen-bond donors (Lipinski definition) is 1. The van der Waals surface area contributed by atoms with Crippen molar-refractivity contribution in [3.05, 3.63) is 64.9 Å². The van der Waals surface area contributed by atoms with Gasteiger partial charge in [0.15, 0.2) is 17.3 Å². The van der Waals surface area contributed by atoms with Gasteiger partial charge in [-0.1, -0.05) is 5.16 Å². The SMILES string of the molecule is CCOc1ccc(/C(O)=C2\C(=O)C(=O)N(c3cc(C)on3)[C@@H]2c2cc(OC)c(OC)c(OC)c2)cc1. The number of carbonyl (C=O) groups excluding carboxylic acids is 2. The third kappa shape index (κ3) is 4.21. The van der Waals surface area contributed by atoms with Crippen molar-refractivity contribution in [2.24, 2.45) is 0 Å². The average molecular weight is 495 g/mol. The number of aliphatic hydroxyl groups excluding tert-OH is 1. The minimum atomic E-state index is -1.06. The third-order valence-corrected chi connectivity index (χ3v) is 5.75. The van der Waals surface area contributed by atoms with Crippen LogP contribution < -0.4 is 23.8 Å². The Kier molecular flexibility index (Phi) is 6.86. The second-order valence-electron chi connectivity index (χ2n) is 7.88. The number of methoxy groups -OCH3 is 3. The van der Waals surface area contributed by atoms with Crippen LogP contribution in [0.1, 0.15) is 29.9 Å². The first kappa shape index (κ1) is 24.6. The Morgan fingerprint density at radius 2 is 1.67 bits per heavy atom. The minimum absolute atomic E-state index is 0.124. The Morgan fingerprint density at radius 1 is 1.03 bits per heavy atom. The lowest BCUT2D eigenvalue weighted by molar-refractivity contribution is -0.132. The van der Waals surface area contributed by atoms with Gasteiger partial charge in [-0.25, -0.2) is 0 Å². The van der Waals surface area contributed by atoms with E-state index >= 15 is 0 Å². The molecule has 0 spiro atoms. The summed E-state index contributed by atoms with van der Waals surface area (Å²) in [6.45, 7) is 4.01. The van der Waals surface area contributed by atoms with E-state index in [0.717, 1.165) is 0 Å². The topological polar surface area (TPSA) is 121 Å². The summed E-state index contributed by atoms with van der Waals surface area (Å²) in [5.74, 6) is 0.0530. The summed E-state index contributed by atoms with van der Waals surface area (Å²) in [5, 5.41) is 15.2. The minimum Gasteiger partial charge on any atom is -0.507 e. The number of aromatic nitrogens is 1. The highest BCUT2D eigenvalue weighted by molar-refractivity contribution is 6.51. The van der Waals surface area contributed by atoms with E-state index in [2.05, 4.69) is 5.16 Å². The molecule has 3 aromatic rings. The number of carbonyl (C=O) groups is 2. The summed E-state index contributed by atoms with van der Waals surface area (Å²) in [6.07, 6.45) is 0. The number of amides is 1. The number of hydrogen-bond acceptors (Lipinski definition) is 9. The maximum absolute atomic E-state index is 13.3. The maximum Gasteiger partial charge on any atom is 0.301 e. The van der Waals surface area contributed by atoms with Crippen LogP contribution >= 0.6 is 0 Å². The number of Topliss-reactive ketones (excluding diaryl/α,β-unsaturated/α-hetero) is 1. The maximum atomic E-state index is 13.3. The highest BCUT2D eigenvalue weighted by Crippen LogP contribution is 2.47. The molecule has 1 aliphatic rings. The lowest BCUT2D eigenvalue weighted by atomic mass is 9.94. The molecule has 1 amide bonds. The zero-order valence-electron chi connectivity index (χ0n) is 20.5. The van der Waals surface area contributed by atoms with Crippen molar-refractivity contribution in [1.82, 2.24) is 5.16 Å². The normalized spacial score (nSPS) is 16.8. The third-order valence-electron chi connectivity index (χ3n) is 5.75. The number of ketones is 1. The smallest absolute Gasteiger partial charge is 0.301 e. The summed E-state index contributed by atoms with van der Waals surface area (Å²) >= 11 is 0. The van der Waals surface area contributed by atoms with Crippen LogP contribution in [0, 0.1) is 6.92 Å². The molecular formula is C26H26N2O8. The molecular weight excluding hydrogens is 468 g/mol. The Morgan fingerprint density at radius 3 is 2.17 bits per heavy atom. The molecule has 188 valence electrons. The van der Waals surface area contributed by atoms with Gasteiger partial charge in [0.25, 0.3) is 5.78 Å². The van der Waals surface area contributed by atoms with Crippen LogP contribution in [0.15, 0.2) is 52.6 Å². The summed E-state index contributed by atoms with van der Waals surface area (Å²) < 4.78 is 27.0. The van der Waals surface area contributed by atoms with Gasteiger partial charge >= 0.3 is 5.91 Å². The van der Waals surface area contributed by atoms with Gasteiger partial charge in [0, 0.05) is 11.6 Å². The van der Waals surface area contributed by atoms with E-state index in [4.69, 9.17) is 23.5 Å². The highest BCUT2D eigenvalue weighted by Gasteiger charge is 2.48. The van der Waals surface area contributed by atoms with Crippen molar-refractivity contribution in [2.75, 3.05) is 32.8 Å². The number of rotatable bonds is 8. The number of ether oxygens (including phenoxy) is 4. The quantitative estimate of drug-likeness (QED) is 0.281. The van der Waals surface area contributed by atoms with Crippen molar-refractivity contribution in [2.45, 2.75) is 19.9 Å². The molecule has 10 heteroatoms. The van der Waals surface area contributed by atoms with Gasteiger partial charge in [-0.05, 0) is 55.8 Å². The molecule has 1 saturated heterocycles. The summed E-state index contributed by atoms with van der Waals surface area (Å²) in [6, 6.07) is 10.3. The lowest BCUT2D eigenvalue weighted by Crippen LogP contribution is -2.29. The Labute approximate surface area is 207 Å². The molecule has 1 N–H and O–H groups in total. The van der Waals surface area contributed by atoms with Gasteiger partial charge in [0.2, 0.25) is 5.75 Å². The largest absolute Gasteiger partial charge is 0.507 e. The zero-order chi connectivity index (χ0) is 26.0. The summed E-state index contributed by atoms with van der Waals surface area (Å²) in [4.78, 5) is 27.8. The first-order chi connectivity index (χ1) is 17.3. The van der Waals surface area contributed by atoms with E-state index in [9.17, 15) is 14.7 Å². The monoisotopic (exact) mass is 494 g/mol. The van der Waals surface area contributed by atoms with Gasteiger partial charge in [0.1, 0.15) is 17.3 Å². The molecule has 0 aliphatic carbocycles. The van der Waals surface area contributed by atoms with Crippen LogP contribution in [-0.4, -0.2) is 49.9 Å². The van der Waals surface area contributed by atoms with E-state index < -0.39 is 17.7 Å². The second-order valence-corrected chi connectivity index (χ2v) is 7.88. The Bertz CT molecular complexity index is 1300. The number of aliphatic hydroxyl groups is 1. The molecule has 1 atom stereocenters. The molecule has 1 aromatic heterocycles. The van der Waals surface area contributed by atoms with Crippen LogP contribution in [0.4, 0.5) is 5.82 Å². The van der Waals surface area contributed by atoms with Crippen LogP contribution in [0.5, 0.6) is 23.0 Å². The molecule has 2 heterocycles. The average Bonchev–Trinajstić information content (AvgIpc) is 3.43. The van der Waals surface area contributed by atoms with Crippen LogP contribution in [-0.2, 0) is 9.59 Å². The summed E-state index contributed by atoms with van der Waals surface area (Å²) in [5.41, 5.74) is 0.640. The van der Waals surface area contributed by atoms with Gasteiger partial charge in [-0.3, -0.25) is 14.5 Å². The fraction of sp³-hybridized carbons (Fsp3) is 0.269.